The Balaban J connectivity index is 2.56. The van der Waals surface area contributed by atoms with E-state index in [1.807, 2.05) is 25.1 Å². The molecule has 4 heteroatoms. The molecular formula is C15H16BrClN2. The van der Waals surface area contributed by atoms with Crippen LogP contribution in [0.5, 0.6) is 0 Å². The summed E-state index contributed by atoms with van der Waals surface area (Å²) < 4.78 is 1.08. The lowest BCUT2D eigenvalue weighted by molar-refractivity contribution is 0.568. The van der Waals surface area contributed by atoms with E-state index in [-0.39, 0.29) is 5.41 Å². The van der Waals surface area contributed by atoms with Gasteiger partial charge in [0.1, 0.15) is 5.15 Å². The highest BCUT2D eigenvalue weighted by Crippen LogP contribution is 2.27. The molecule has 0 aliphatic carbocycles. The minimum absolute atomic E-state index is 0.0499. The zero-order valence-corrected chi connectivity index (χ0v) is 13.8. The number of benzene rings is 1. The van der Waals surface area contributed by atoms with E-state index in [4.69, 9.17) is 11.6 Å². The Labute approximate surface area is 127 Å². The van der Waals surface area contributed by atoms with Gasteiger partial charge in [-0.05, 0) is 30.7 Å². The third-order valence-corrected chi connectivity index (χ3v) is 3.96. The second-order valence-corrected chi connectivity index (χ2v) is 6.86. The van der Waals surface area contributed by atoms with Gasteiger partial charge in [-0.2, -0.15) is 0 Å². The predicted octanol–water partition coefficient (Wildman–Crippen LogP) is 5.17. The van der Waals surface area contributed by atoms with Gasteiger partial charge in [0.2, 0.25) is 0 Å². The first-order valence-corrected chi connectivity index (χ1v) is 7.26. The Bertz CT molecular complexity index is 618. The van der Waals surface area contributed by atoms with E-state index in [0.29, 0.717) is 11.0 Å². The third-order valence-electron chi connectivity index (χ3n) is 2.88. The largest absolute Gasteiger partial charge is 0.232 e. The number of hydrogen-bond acceptors (Lipinski definition) is 2. The lowest BCUT2D eigenvalue weighted by atomic mass is 9.92. The Morgan fingerprint density at radius 3 is 2.37 bits per heavy atom. The molecule has 100 valence electrons. The van der Waals surface area contributed by atoms with E-state index in [1.165, 1.54) is 0 Å². The number of nitrogens with zero attached hydrogens (tertiary/aromatic N) is 2. The Kier molecular flexibility index (Phi) is 3.98. The van der Waals surface area contributed by atoms with Crippen molar-refractivity contribution in [2.45, 2.75) is 33.1 Å². The van der Waals surface area contributed by atoms with Crippen LogP contribution >= 0.6 is 27.5 Å². The Hall–Kier alpha value is -0.930. The second kappa shape index (κ2) is 5.22. The van der Waals surface area contributed by atoms with E-state index in [1.54, 1.807) is 0 Å². The van der Waals surface area contributed by atoms with Crippen LogP contribution < -0.4 is 0 Å². The average Bonchev–Trinajstić information content (AvgIpc) is 2.31. The zero-order valence-electron chi connectivity index (χ0n) is 11.5. The third kappa shape index (κ3) is 3.34. The number of rotatable bonds is 1. The summed E-state index contributed by atoms with van der Waals surface area (Å²) in [5, 5.41) is 0.482. The van der Waals surface area contributed by atoms with Crippen LogP contribution in [0, 0.1) is 6.92 Å². The summed E-state index contributed by atoms with van der Waals surface area (Å²) >= 11 is 9.61. The van der Waals surface area contributed by atoms with Gasteiger partial charge in [0, 0.05) is 15.5 Å². The smallest absolute Gasteiger partial charge is 0.161 e. The number of aryl methyl sites for hydroxylation is 1. The van der Waals surface area contributed by atoms with Crippen LogP contribution in [0.1, 0.15) is 32.0 Å². The summed E-state index contributed by atoms with van der Waals surface area (Å²) in [6, 6.07) is 7.89. The Morgan fingerprint density at radius 2 is 1.79 bits per heavy atom. The topological polar surface area (TPSA) is 25.8 Å². The molecule has 0 aliphatic rings. The normalized spacial score (nSPS) is 11.7. The molecule has 0 saturated heterocycles. The van der Waals surface area contributed by atoms with E-state index in [2.05, 4.69) is 52.7 Å². The van der Waals surface area contributed by atoms with Gasteiger partial charge in [-0.1, -0.05) is 54.4 Å². The SMILES string of the molecule is Cc1cc(-c2nc(Cl)cc(C(C)(C)C)n2)ccc1Br. The quantitative estimate of drug-likeness (QED) is 0.670. The standard InChI is InChI=1S/C15H16BrClN2/c1-9-7-10(5-6-11(9)16)14-18-12(15(2,3)4)8-13(17)19-14/h5-8H,1-4H3. The van der Waals surface area contributed by atoms with E-state index in [9.17, 15) is 0 Å². The lowest BCUT2D eigenvalue weighted by Gasteiger charge is -2.18. The monoisotopic (exact) mass is 338 g/mol. The van der Waals surface area contributed by atoms with Crippen LogP contribution in [0.15, 0.2) is 28.7 Å². The number of halogens is 2. The molecule has 0 saturated carbocycles. The molecule has 0 N–H and O–H groups in total. The fourth-order valence-electron chi connectivity index (χ4n) is 1.71. The van der Waals surface area contributed by atoms with Gasteiger partial charge < -0.3 is 0 Å². The molecule has 1 aromatic carbocycles. The van der Waals surface area contributed by atoms with Crippen molar-refractivity contribution in [1.82, 2.24) is 9.97 Å². The van der Waals surface area contributed by atoms with Gasteiger partial charge in [-0.3, -0.25) is 0 Å². The van der Waals surface area contributed by atoms with Gasteiger partial charge in [0.25, 0.3) is 0 Å². The molecule has 0 spiro atoms. The summed E-state index contributed by atoms with van der Waals surface area (Å²) in [5.41, 5.74) is 3.03. The van der Waals surface area contributed by atoms with Crippen LogP contribution in [0.4, 0.5) is 0 Å². The highest BCUT2D eigenvalue weighted by atomic mass is 79.9. The molecular weight excluding hydrogens is 324 g/mol. The van der Waals surface area contributed by atoms with Gasteiger partial charge in [0.05, 0.1) is 5.69 Å². The summed E-state index contributed by atoms with van der Waals surface area (Å²) in [6.45, 7) is 8.38. The maximum Gasteiger partial charge on any atom is 0.161 e. The molecule has 2 rings (SSSR count). The fourth-order valence-corrected chi connectivity index (χ4v) is 2.14. The van der Waals surface area contributed by atoms with Crippen molar-refractivity contribution in [3.63, 3.8) is 0 Å². The molecule has 2 nitrogen and oxygen atoms in total. The summed E-state index contributed by atoms with van der Waals surface area (Å²) in [5.74, 6) is 0.674. The summed E-state index contributed by atoms with van der Waals surface area (Å²) in [4.78, 5) is 8.96. The van der Waals surface area contributed by atoms with Crippen LogP contribution in [-0.4, -0.2) is 9.97 Å². The minimum atomic E-state index is -0.0499. The van der Waals surface area contributed by atoms with Crippen molar-refractivity contribution in [2.24, 2.45) is 0 Å². The molecule has 0 bridgehead atoms. The molecule has 0 atom stereocenters. The van der Waals surface area contributed by atoms with E-state index in [0.717, 1.165) is 21.3 Å². The molecule has 0 fully saturated rings. The molecule has 0 amide bonds. The molecule has 0 radical (unpaired) electrons. The number of aromatic nitrogens is 2. The highest BCUT2D eigenvalue weighted by Gasteiger charge is 2.18. The summed E-state index contributed by atoms with van der Waals surface area (Å²) in [7, 11) is 0. The molecule has 1 heterocycles. The van der Waals surface area contributed by atoms with Crippen molar-refractivity contribution in [1.29, 1.82) is 0 Å². The molecule has 0 unspecified atom stereocenters. The van der Waals surface area contributed by atoms with Gasteiger partial charge in [-0.25, -0.2) is 9.97 Å². The number of hydrogen-bond donors (Lipinski definition) is 0. The van der Waals surface area contributed by atoms with E-state index >= 15 is 0 Å². The van der Waals surface area contributed by atoms with E-state index < -0.39 is 0 Å². The lowest BCUT2D eigenvalue weighted by Crippen LogP contribution is -2.14. The van der Waals surface area contributed by atoms with Crippen LogP contribution in [0.25, 0.3) is 11.4 Å². The minimum Gasteiger partial charge on any atom is -0.232 e. The maximum absolute atomic E-state index is 6.12. The van der Waals surface area contributed by atoms with Gasteiger partial charge in [0.15, 0.2) is 5.82 Å². The fraction of sp³-hybridized carbons (Fsp3) is 0.333. The Morgan fingerprint density at radius 1 is 1.11 bits per heavy atom. The first-order valence-electron chi connectivity index (χ1n) is 6.09. The zero-order chi connectivity index (χ0) is 14.2. The van der Waals surface area contributed by atoms with Crippen molar-refractivity contribution in [3.8, 4) is 11.4 Å². The second-order valence-electron chi connectivity index (χ2n) is 5.61. The highest BCUT2D eigenvalue weighted by molar-refractivity contribution is 9.10. The van der Waals surface area contributed by atoms with Crippen molar-refractivity contribution >= 4 is 27.5 Å². The van der Waals surface area contributed by atoms with Gasteiger partial charge >= 0.3 is 0 Å². The summed E-state index contributed by atoms with van der Waals surface area (Å²) in [6.07, 6.45) is 0. The van der Waals surface area contributed by atoms with Crippen LogP contribution in [0.2, 0.25) is 5.15 Å². The maximum atomic E-state index is 6.12. The molecule has 1 aromatic heterocycles. The first kappa shape index (κ1) is 14.5. The average molecular weight is 340 g/mol. The molecule has 0 aliphatic heterocycles. The van der Waals surface area contributed by atoms with Crippen LogP contribution in [0.3, 0.4) is 0 Å². The van der Waals surface area contributed by atoms with Gasteiger partial charge in [-0.15, -0.1) is 0 Å². The molecule has 19 heavy (non-hydrogen) atoms. The van der Waals surface area contributed by atoms with Crippen LogP contribution in [-0.2, 0) is 5.41 Å². The first-order chi connectivity index (χ1) is 8.77. The van der Waals surface area contributed by atoms with Crippen molar-refractivity contribution in [2.75, 3.05) is 0 Å². The van der Waals surface area contributed by atoms with Crippen molar-refractivity contribution in [3.05, 3.63) is 45.1 Å². The predicted molar refractivity (Wildman–Crippen MR) is 83.6 cm³/mol. The van der Waals surface area contributed by atoms with Crippen molar-refractivity contribution < 1.29 is 0 Å². The molecule has 2 aromatic rings.